The molecular weight excluding hydrogens is 202 g/mol. The van der Waals surface area contributed by atoms with Crippen molar-refractivity contribution >= 4 is 11.8 Å². The average molecular weight is 221 g/mol. The molecular formula is C13H19NO2. The van der Waals surface area contributed by atoms with Crippen LogP contribution in [0.4, 0.5) is 10.5 Å². The summed E-state index contributed by atoms with van der Waals surface area (Å²) in [4.78, 5) is 12.4. The number of hydrogen-bond donors (Lipinski definition) is 1. The lowest BCUT2D eigenvalue weighted by molar-refractivity contribution is 0.202. The predicted octanol–water partition coefficient (Wildman–Crippen LogP) is 3.62. The summed E-state index contributed by atoms with van der Waals surface area (Å²) in [7, 11) is 0. The highest BCUT2D eigenvalue weighted by Crippen LogP contribution is 2.24. The van der Waals surface area contributed by atoms with Gasteiger partial charge in [-0.2, -0.15) is 0 Å². The monoisotopic (exact) mass is 221 g/mol. The first kappa shape index (κ1) is 12.6. The topological polar surface area (TPSA) is 40.5 Å². The molecule has 1 aromatic carbocycles. The summed E-state index contributed by atoms with van der Waals surface area (Å²) in [6, 6.07) is 5.96. The molecule has 3 heteroatoms. The summed E-state index contributed by atoms with van der Waals surface area (Å²) in [5, 5.41) is 9.07. The molecule has 1 amide bonds. The van der Waals surface area contributed by atoms with Crippen molar-refractivity contribution in [3.63, 3.8) is 0 Å². The van der Waals surface area contributed by atoms with Crippen molar-refractivity contribution in [3.8, 4) is 0 Å². The highest BCUT2D eigenvalue weighted by atomic mass is 16.4. The van der Waals surface area contributed by atoms with Gasteiger partial charge in [-0.15, -0.1) is 0 Å². The lowest BCUT2D eigenvalue weighted by Gasteiger charge is -2.19. The van der Waals surface area contributed by atoms with E-state index in [4.69, 9.17) is 5.11 Å². The summed E-state index contributed by atoms with van der Waals surface area (Å²) in [6.07, 6.45) is -0.900. The number of benzene rings is 1. The van der Waals surface area contributed by atoms with E-state index in [2.05, 4.69) is 19.9 Å². The minimum atomic E-state index is -0.900. The van der Waals surface area contributed by atoms with Crippen LogP contribution in [0.3, 0.4) is 0 Å². The molecule has 0 spiro atoms. The number of amides is 1. The van der Waals surface area contributed by atoms with Crippen molar-refractivity contribution in [2.75, 3.05) is 11.4 Å². The van der Waals surface area contributed by atoms with Crippen LogP contribution in [0.1, 0.15) is 37.8 Å². The summed E-state index contributed by atoms with van der Waals surface area (Å²) >= 11 is 0. The number of anilines is 1. The van der Waals surface area contributed by atoms with Crippen molar-refractivity contribution in [2.45, 2.75) is 33.6 Å². The van der Waals surface area contributed by atoms with Crippen LogP contribution >= 0.6 is 0 Å². The molecule has 0 aliphatic heterocycles. The Kier molecular flexibility index (Phi) is 3.93. The van der Waals surface area contributed by atoms with E-state index in [0.29, 0.717) is 12.5 Å². The quantitative estimate of drug-likeness (QED) is 0.846. The Morgan fingerprint density at radius 2 is 2.00 bits per heavy atom. The number of rotatable bonds is 3. The Morgan fingerprint density at radius 1 is 1.38 bits per heavy atom. The maximum Gasteiger partial charge on any atom is 0.411 e. The Hall–Kier alpha value is -1.51. The maximum atomic E-state index is 11.0. The van der Waals surface area contributed by atoms with E-state index >= 15 is 0 Å². The minimum Gasteiger partial charge on any atom is -0.465 e. The number of nitrogens with zero attached hydrogens (tertiary/aromatic N) is 1. The van der Waals surface area contributed by atoms with E-state index in [1.807, 2.05) is 26.0 Å². The van der Waals surface area contributed by atoms with Crippen LogP contribution in [0, 0.1) is 6.92 Å². The Labute approximate surface area is 96.7 Å². The van der Waals surface area contributed by atoms with E-state index in [-0.39, 0.29) is 0 Å². The molecule has 16 heavy (non-hydrogen) atoms. The first-order chi connectivity index (χ1) is 7.45. The van der Waals surface area contributed by atoms with Gasteiger partial charge in [0.15, 0.2) is 0 Å². The first-order valence-electron chi connectivity index (χ1n) is 5.57. The first-order valence-corrected chi connectivity index (χ1v) is 5.57. The molecule has 0 unspecified atom stereocenters. The smallest absolute Gasteiger partial charge is 0.411 e. The molecule has 0 bridgehead atoms. The van der Waals surface area contributed by atoms with Crippen LogP contribution < -0.4 is 4.90 Å². The van der Waals surface area contributed by atoms with Crippen molar-refractivity contribution in [2.24, 2.45) is 0 Å². The predicted molar refractivity (Wildman–Crippen MR) is 66.3 cm³/mol. The molecule has 0 aromatic heterocycles. The van der Waals surface area contributed by atoms with Gasteiger partial charge in [-0.3, -0.25) is 4.90 Å². The Bertz CT molecular complexity index is 386. The standard InChI is InChI=1S/C13H19NO2/c1-5-14(13(15)16)12-7-10(4)6-11(8-12)9(2)3/h6-9H,5H2,1-4H3,(H,15,16). The summed E-state index contributed by atoms with van der Waals surface area (Å²) in [5.74, 6) is 0.408. The molecule has 0 aliphatic carbocycles. The van der Waals surface area contributed by atoms with Crippen molar-refractivity contribution in [3.05, 3.63) is 29.3 Å². The molecule has 0 saturated heterocycles. The largest absolute Gasteiger partial charge is 0.465 e. The molecule has 1 aromatic rings. The van der Waals surface area contributed by atoms with Gasteiger partial charge in [0, 0.05) is 12.2 Å². The normalized spacial score (nSPS) is 10.6. The van der Waals surface area contributed by atoms with Gasteiger partial charge < -0.3 is 5.11 Å². The summed E-state index contributed by atoms with van der Waals surface area (Å²) < 4.78 is 0. The number of aryl methyl sites for hydroxylation is 1. The van der Waals surface area contributed by atoms with E-state index in [0.717, 1.165) is 11.3 Å². The molecule has 0 heterocycles. The second-order valence-corrected chi connectivity index (χ2v) is 4.28. The van der Waals surface area contributed by atoms with E-state index < -0.39 is 6.09 Å². The molecule has 0 aliphatic rings. The van der Waals surface area contributed by atoms with Gasteiger partial charge in [-0.25, -0.2) is 4.79 Å². The lowest BCUT2D eigenvalue weighted by atomic mass is 10.00. The van der Waals surface area contributed by atoms with E-state index in [1.165, 1.54) is 10.5 Å². The average Bonchev–Trinajstić information content (AvgIpc) is 2.17. The third-order valence-corrected chi connectivity index (χ3v) is 2.61. The van der Waals surface area contributed by atoms with Crippen LogP contribution in [0.15, 0.2) is 18.2 Å². The molecule has 0 fully saturated rings. The van der Waals surface area contributed by atoms with E-state index in [9.17, 15) is 4.79 Å². The zero-order chi connectivity index (χ0) is 12.3. The highest BCUT2D eigenvalue weighted by molar-refractivity contribution is 5.86. The zero-order valence-corrected chi connectivity index (χ0v) is 10.3. The Morgan fingerprint density at radius 3 is 2.44 bits per heavy atom. The van der Waals surface area contributed by atoms with Crippen LogP contribution in [0.2, 0.25) is 0 Å². The summed E-state index contributed by atoms with van der Waals surface area (Å²) in [5.41, 5.74) is 3.04. The van der Waals surface area contributed by atoms with Gasteiger partial charge in [-0.05, 0) is 43.0 Å². The Balaban J connectivity index is 3.17. The molecule has 0 saturated carbocycles. The van der Waals surface area contributed by atoms with Crippen molar-refractivity contribution in [1.29, 1.82) is 0 Å². The van der Waals surface area contributed by atoms with Crippen molar-refractivity contribution in [1.82, 2.24) is 0 Å². The fraction of sp³-hybridized carbons (Fsp3) is 0.462. The van der Waals surface area contributed by atoms with Gasteiger partial charge in [-0.1, -0.05) is 19.9 Å². The van der Waals surface area contributed by atoms with Gasteiger partial charge >= 0.3 is 6.09 Å². The van der Waals surface area contributed by atoms with Crippen LogP contribution in [0.5, 0.6) is 0 Å². The SMILES string of the molecule is CCN(C(=O)O)c1cc(C)cc(C(C)C)c1. The van der Waals surface area contributed by atoms with Gasteiger partial charge in [0.25, 0.3) is 0 Å². The second-order valence-electron chi connectivity index (χ2n) is 4.28. The number of carbonyl (C=O) groups is 1. The van der Waals surface area contributed by atoms with Gasteiger partial charge in [0.1, 0.15) is 0 Å². The summed E-state index contributed by atoms with van der Waals surface area (Å²) in [6.45, 7) is 8.51. The van der Waals surface area contributed by atoms with E-state index in [1.54, 1.807) is 0 Å². The van der Waals surface area contributed by atoms with Crippen LogP contribution in [0.25, 0.3) is 0 Å². The molecule has 3 nitrogen and oxygen atoms in total. The third-order valence-electron chi connectivity index (χ3n) is 2.61. The van der Waals surface area contributed by atoms with Crippen LogP contribution in [-0.4, -0.2) is 17.7 Å². The maximum absolute atomic E-state index is 11.0. The molecule has 88 valence electrons. The fourth-order valence-corrected chi connectivity index (χ4v) is 1.71. The lowest BCUT2D eigenvalue weighted by Crippen LogP contribution is -2.28. The third kappa shape index (κ3) is 2.75. The second kappa shape index (κ2) is 5.01. The fourth-order valence-electron chi connectivity index (χ4n) is 1.71. The number of carboxylic acid groups (broad SMARTS) is 1. The minimum absolute atomic E-state index is 0.408. The van der Waals surface area contributed by atoms with Crippen molar-refractivity contribution < 1.29 is 9.90 Å². The highest BCUT2D eigenvalue weighted by Gasteiger charge is 2.13. The molecule has 1 N–H and O–H groups in total. The molecule has 0 atom stereocenters. The number of hydrogen-bond acceptors (Lipinski definition) is 1. The zero-order valence-electron chi connectivity index (χ0n) is 10.3. The molecule has 0 radical (unpaired) electrons. The van der Waals surface area contributed by atoms with Gasteiger partial charge in [0.05, 0.1) is 0 Å². The van der Waals surface area contributed by atoms with Gasteiger partial charge in [0.2, 0.25) is 0 Å². The molecule has 1 rings (SSSR count). The van der Waals surface area contributed by atoms with Crippen LogP contribution in [-0.2, 0) is 0 Å².